The van der Waals surface area contributed by atoms with Crippen molar-refractivity contribution >= 4 is 11.6 Å². The van der Waals surface area contributed by atoms with Crippen LogP contribution in [0.15, 0.2) is 24.3 Å². The van der Waals surface area contributed by atoms with Gasteiger partial charge < -0.3 is 4.90 Å². The Morgan fingerprint density at radius 1 is 1.38 bits per heavy atom. The highest BCUT2D eigenvalue weighted by molar-refractivity contribution is 5.96. The van der Waals surface area contributed by atoms with Crippen molar-refractivity contribution in [1.82, 2.24) is 4.90 Å². The molecule has 2 aliphatic carbocycles. The van der Waals surface area contributed by atoms with E-state index in [2.05, 4.69) is 19.9 Å². The third kappa shape index (κ3) is 1.44. The Morgan fingerprint density at radius 3 is 2.58 bits per heavy atom. The van der Waals surface area contributed by atoms with Gasteiger partial charge in [0.1, 0.15) is 5.54 Å². The molecular weight excluding hydrogens is 306 g/mol. The monoisotopic (exact) mass is 325 g/mol. The molecule has 1 aromatic carbocycles. The van der Waals surface area contributed by atoms with Crippen LogP contribution in [0.25, 0.3) is 0 Å². The first-order valence-corrected chi connectivity index (χ1v) is 8.27. The number of non-ortho nitro benzene ring substituents is 1. The van der Waals surface area contributed by atoms with Gasteiger partial charge in [-0.2, -0.15) is 5.26 Å². The van der Waals surface area contributed by atoms with Gasteiger partial charge in [0.05, 0.1) is 11.0 Å². The minimum atomic E-state index is -0.747. The summed E-state index contributed by atoms with van der Waals surface area (Å²) in [4.78, 5) is 25.1. The standard InChI is InChI=1S/C18H19N3O3/c1-16-11-20(15(22)12-3-5-14(6-4-12)21(23)24)18(10-19)9-13(16)7-8-17(16,18)2/h3-6,13H,7-9,11H2,1-2H3/t13-,16-,17+,18-/m1/s1. The number of hydrogen-bond donors (Lipinski definition) is 0. The van der Waals surface area contributed by atoms with Gasteiger partial charge in [0.25, 0.3) is 11.6 Å². The molecule has 0 unspecified atom stereocenters. The lowest BCUT2D eigenvalue weighted by Gasteiger charge is -2.43. The maximum absolute atomic E-state index is 13.0. The van der Waals surface area contributed by atoms with Crippen molar-refractivity contribution in [3.63, 3.8) is 0 Å². The lowest BCUT2D eigenvalue weighted by molar-refractivity contribution is -0.384. The molecule has 0 spiro atoms. The number of rotatable bonds is 2. The smallest absolute Gasteiger partial charge is 0.269 e. The maximum Gasteiger partial charge on any atom is 0.269 e. The first kappa shape index (κ1) is 15.1. The molecule has 3 fully saturated rings. The molecule has 4 atom stereocenters. The molecule has 4 bridgehead atoms. The van der Waals surface area contributed by atoms with Crippen LogP contribution in [0.3, 0.4) is 0 Å². The first-order valence-electron chi connectivity index (χ1n) is 8.27. The van der Waals surface area contributed by atoms with Crippen LogP contribution in [0.2, 0.25) is 0 Å². The number of amides is 1. The van der Waals surface area contributed by atoms with E-state index in [-0.39, 0.29) is 22.4 Å². The van der Waals surface area contributed by atoms with Crippen LogP contribution in [0, 0.1) is 38.2 Å². The molecule has 124 valence electrons. The van der Waals surface area contributed by atoms with Gasteiger partial charge in [-0.05, 0) is 42.7 Å². The highest BCUT2D eigenvalue weighted by Crippen LogP contribution is 2.75. The van der Waals surface area contributed by atoms with Crippen LogP contribution >= 0.6 is 0 Å². The van der Waals surface area contributed by atoms with E-state index in [9.17, 15) is 20.2 Å². The maximum atomic E-state index is 13.0. The minimum Gasteiger partial charge on any atom is -0.319 e. The Labute approximate surface area is 140 Å². The first-order chi connectivity index (χ1) is 11.3. The van der Waals surface area contributed by atoms with E-state index < -0.39 is 10.5 Å². The third-order valence-electron chi connectivity index (χ3n) is 7.31. The normalized spacial score (nSPS) is 39.0. The molecule has 1 amide bonds. The Bertz CT molecular complexity index is 799. The van der Waals surface area contributed by atoms with Gasteiger partial charge in [-0.15, -0.1) is 0 Å². The summed E-state index contributed by atoms with van der Waals surface area (Å²) in [7, 11) is 0. The van der Waals surface area contributed by atoms with Gasteiger partial charge in [-0.3, -0.25) is 14.9 Å². The molecule has 1 aliphatic heterocycles. The van der Waals surface area contributed by atoms with Gasteiger partial charge >= 0.3 is 0 Å². The number of piperidine rings is 1. The fraction of sp³-hybridized carbons (Fsp3) is 0.556. The Kier molecular flexibility index (Phi) is 2.74. The van der Waals surface area contributed by atoms with Crippen LogP contribution in [0.1, 0.15) is 43.5 Å². The van der Waals surface area contributed by atoms with Crippen molar-refractivity contribution in [2.24, 2.45) is 16.7 Å². The molecule has 2 saturated carbocycles. The van der Waals surface area contributed by atoms with Gasteiger partial charge in [-0.1, -0.05) is 13.8 Å². The highest BCUT2D eigenvalue weighted by Gasteiger charge is 2.78. The van der Waals surface area contributed by atoms with Crippen molar-refractivity contribution in [1.29, 1.82) is 5.26 Å². The summed E-state index contributed by atoms with van der Waals surface area (Å²) < 4.78 is 0. The number of nitro benzene ring substituents is 1. The number of benzene rings is 1. The summed E-state index contributed by atoms with van der Waals surface area (Å²) in [5.74, 6) is 0.310. The van der Waals surface area contributed by atoms with Crippen molar-refractivity contribution < 1.29 is 9.72 Å². The second-order valence-corrected chi connectivity index (χ2v) is 7.86. The van der Waals surface area contributed by atoms with Gasteiger partial charge in [0.2, 0.25) is 0 Å². The van der Waals surface area contributed by atoms with E-state index in [1.165, 1.54) is 24.3 Å². The molecule has 1 saturated heterocycles. The number of likely N-dealkylation sites (tertiary alicyclic amines) is 1. The highest BCUT2D eigenvalue weighted by atomic mass is 16.6. The summed E-state index contributed by atoms with van der Waals surface area (Å²) in [6, 6.07) is 8.15. The Hall–Kier alpha value is -2.42. The fourth-order valence-corrected chi connectivity index (χ4v) is 5.64. The van der Waals surface area contributed by atoms with Crippen molar-refractivity contribution in [2.75, 3.05) is 6.54 Å². The van der Waals surface area contributed by atoms with E-state index in [4.69, 9.17) is 0 Å². The molecule has 0 aromatic heterocycles. The van der Waals surface area contributed by atoms with E-state index in [0.29, 0.717) is 18.0 Å². The zero-order chi connectivity index (χ0) is 17.3. The van der Waals surface area contributed by atoms with E-state index in [0.717, 1.165) is 19.3 Å². The molecule has 1 aromatic rings. The molecule has 0 radical (unpaired) electrons. The van der Waals surface area contributed by atoms with Crippen molar-refractivity contribution in [3.05, 3.63) is 39.9 Å². The second kappa shape index (κ2) is 4.35. The molecular formula is C18H19N3O3. The number of carbonyl (C=O) groups is 1. The SMILES string of the molecule is C[C@@]12CC[C@@H]3C[C@]1(C#N)N(C(=O)c1ccc([N+](=O)[O-])cc1)C[C@]32C. The Morgan fingerprint density at radius 2 is 2.04 bits per heavy atom. The average molecular weight is 325 g/mol. The van der Waals surface area contributed by atoms with Crippen LogP contribution in [0.5, 0.6) is 0 Å². The Balaban J connectivity index is 1.72. The topological polar surface area (TPSA) is 87.2 Å². The largest absolute Gasteiger partial charge is 0.319 e. The van der Waals surface area contributed by atoms with E-state index >= 15 is 0 Å². The number of nitriles is 1. The number of carbonyl (C=O) groups excluding carboxylic acids is 1. The summed E-state index contributed by atoms with van der Waals surface area (Å²) in [6.45, 7) is 4.97. The number of nitro groups is 1. The van der Waals surface area contributed by atoms with Crippen LogP contribution in [0.4, 0.5) is 5.69 Å². The molecule has 1 heterocycles. The summed E-state index contributed by atoms with van der Waals surface area (Å²) in [5.41, 5.74) is -0.563. The molecule has 6 heteroatoms. The lowest BCUT2D eigenvalue weighted by atomic mass is 9.66. The van der Waals surface area contributed by atoms with E-state index in [1.807, 2.05) is 0 Å². The zero-order valence-corrected chi connectivity index (χ0v) is 13.8. The number of nitrogens with zero attached hydrogens (tertiary/aromatic N) is 3. The lowest BCUT2D eigenvalue weighted by Crippen LogP contribution is -2.54. The average Bonchev–Trinajstić information content (AvgIpc) is 3.03. The third-order valence-corrected chi connectivity index (χ3v) is 7.31. The minimum absolute atomic E-state index is 0.0147. The van der Waals surface area contributed by atoms with Crippen molar-refractivity contribution in [2.45, 2.75) is 38.6 Å². The van der Waals surface area contributed by atoms with Crippen LogP contribution < -0.4 is 0 Å². The molecule has 4 rings (SSSR count). The molecule has 0 N–H and O–H groups in total. The second-order valence-electron chi connectivity index (χ2n) is 7.86. The quantitative estimate of drug-likeness (QED) is 0.617. The summed E-state index contributed by atoms with van der Waals surface area (Å²) >= 11 is 0. The fourth-order valence-electron chi connectivity index (χ4n) is 5.64. The van der Waals surface area contributed by atoms with Crippen molar-refractivity contribution in [3.8, 4) is 6.07 Å². The molecule has 6 nitrogen and oxygen atoms in total. The van der Waals surface area contributed by atoms with Gasteiger partial charge in [0.15, 0.2) is 0 Å². The van der Waals surface area contributed by atoms with Crippen LogP contribution in [-0.4, -0.2) is 27.8 Å². The summed E-state index contributed by atoms with van der Waals surface area (Å²) in [5, 5.41) is 20.8. The predicted molar refractivity (Wildman–Crippen MR) is 86.0 cm³/mol. The van der Waals surface area contributed by atoms with Crippen LogP contribution in [-0.2, 0) is 0 Å². The molecule has 24 heavy (non-hydrogen) atoms. The summed E-state index contributed by atoms with van der Waals surface area (Å²) in [6.07, 6.45) is 2.86. The van der Waals surface area contributed by atoms with E-state index in [1.54, 1.807) is 4.90 Å². The predicted octanol–water partition coefficient (Wildman–Crippen LogP) is 3.14. The van der Waals surface area contributed by atoms with Gasteiger partial charge in [0, 0.05) is 29.7 Å². The zero-order valence-electron chi connectivity index (χ0n) is 13.8. The molecule has 3 aliphatic rings. The number of hydrogen-bond acceptors (Lipinski definition) is 4. The van der Waals surface area contributed by atoms with Gasteiger partial charge in [-0.25, -0.2) is 0 Å².